The van der Waals surface area contributed by atoms with E-state index in [4.69, 9.17) is 0 Å². The second-order valence-electron chi connectivity index (χ2n) is 5.53. The number of carbonyl (C=O) groups is 2. The lowest BCUT2D eigenvalue weighted by molar-refractivity contribution is -0.147. The van der Waals surface area contributed by atoms with Crippen LogP contribution in [-0.4, -0.2) is 26.8 Å². The van der Waals surface area contributed by atoms with Gasteiger partial charge in [0.1, 0.15) is 0 Å². The van der Waals surface area contributed by atoms with Crippen molar-refractivity contribution in [2.24, 2.45) is 18.9 Å². The molecule has 2 N–H and O–H groups in total. The van der Waals surface area contributed by atoms with E-state index in [0.717, 1.165) is 11.3 Å². The quantitative estimate of drug-likeness (QED) is 0.825. The van der Waals surface area contributed by atoms with Crippen LogP contribution in [0.4, 0.5) is 0 Å². The summed E-state index contributed by atoms with van der Waals surface area (Å²) in [5.74, 6) is -2.27. The summed E-state index contributed by atoms with van der Waals surface area (Å²) in [5, 5.41) is 16.3. The predicted molar refractivity (Wildman–Crippen MR) is 77.5 cm³/mol. The number of aryl methyl sites for hydroxylation is 1. The second kappa shape index (κ2) is 6.11. The first-order valence-corrected chi connectivity index (χ1v) is 7.08. The Kier molecular flexibility index (Phi) is 4.45. The van der Waals surface area contributed by atoms with E-state index in [1.54, 1.807) is 10.9 Å². The molecule has 6 heteroatoms. The minimum absolute atomic E-state index is 0.188. The van der Waals surface area contributed by atoms with Crippen LogP contribution in [0.3, 0.4) is 0 Å². The monoisotopic (exact) mass is 291 g/mol. The molecule has 1 heterocycles. The van der Waals surface area contributed by atoms with Crippen LogP contribution >= 0.6 is 0 Å². The molecule has 1 unspecified atom stereocenters. The number of nitrogens with one attached hydrogen (secondary N) is 1. The highest BCUT2D eigenvalue weighted by Crippen LogP contribution is 2.27. The summed E-state index contributed by atoms with van der Waals surface area (Å²) >= 11 is 0. The molecule has 2 rings (SSSR count). The number of nitrogens with zero attached hydrogens (tertiary/aromatic N) is 2. The van der Waals surface area contributed by atoms with Gasteiger partial charge in [0.25, 0.3) is 0 Å². The Morgan fingerprint density at radius 1 is 1.38 bits per heavy atom. The standard InChI is InChI=1S/C15H21N3O3/c1-9(13-8-16-18(3)10(13)2)17-14(19)11-6-4-5-7-12(11)15(20)21/h4-5,8-9,11-12H,6-7H2,1-3H3,(H,17,19)(H,20,21)/t9?,11-,12+/m1/s1. The molecule has 1 aromatic heterocycles. The largest absolute Gasteiger partial charge is 0.481 e. The number of allylic oxidation sites excluding steroid dienone is 2. The molecule has 0 fully saturated rings. The molecule has 0 saturated carbocycles. The van der Waals surface area contributed by atoms with E-state index in [-0.39, 0.29) is 11.9 Å². The van der Waals surface area contributed by atoms with Crippen molar-refractivity contribution in [1.82, 2.24) is 15.1 Å². The molecule has 0 aliphatic heterocycles. The Morgan fingerprint density at radius 2 is 2.00 bits per heavy atom. The fraction of sp³-hybridized carbons (Fsp3) is 0.533. The number of hydrogen-bond acceptors (Lipinski definition) is 3. The molecular formula is C15H21N3O3. The number of carboxylic acids is 1. The van der Waals surface area contributed by atoms with E-state index in [9.17, 15) is 14.7 Å². The average Bonchev–Trinajstić information content (AvgIpc) is 2.79. The fourth-order valence-corrected chi connectivity index (χ4v) is 2.72. The van der Waals surface area contributed by atoms with Crippen molar-refractivity contribution in [3.8, 4) is 0 Å². The van der Waals surface area contributed by atoms with E-state index in [1.807, 2.05) is 33.0 Å². The summed E-state index contributed by atoms with van der Waals surface area (Å²) in [7, 11) is 1.85. The van der Waals surface area contributed by atoms with E-state index < -0.39 is 17.8 Å². The van der Waals surface area contributed by atoms with Crippen LogP contribution in [0.1, 0.15) is 37.1 Å². The van der Waals surface area contributed by atoms with Gasteiger partial charge in [0, 0.05) is 18.3 Å². The van der Waals surface area contributed by atoms with Gasteiger partial charge in [-0.2, -0.15) is 5.10 Å². The predicted octanol–water partition coefficient (Wildman–Crippen LogP) is 1.57. The number of aromatic nitrogens is 2. The third-order valence-electron chi connectivity index (χ3n) is 4.18. The van der Waals surface area contributed by atoms with Crippen LogP contribution in [0.25, 0.3) is 0 Å². The van der Waals surface area contributed by atoms with Crippen LogP contribution in [0.15, 0.2) is 18.3 Å². The molecule has 0 saturated heterocycles. The summed E-state index contributed by atoms with van der Waals surface area (Å²) in [4.78, 5) is 23.6. The lowest BCUT2D eigenvalue weighted by atomic mass is 9.82. The highest BCUT2D eigenvalue weighted by atomic mass is 16.4. The molecular weight excluding hydrogens is 270 g/mol. The first-order chi connectivity index (χ1) is 9.91. The van der Waals surface area contributed by atoms with E-state index in [0.29, 0.717) is 12.8 Å². The highest BCUT2D eigenvalue weighted by Gasteiger charge is 2.34. The van der Waals surface area contributed by atoms with Crippen molar-refractivity contribution in [3.05, 3.63) is 29.6 Å². The van der Waals surface area contributed by atoms with Crippen molar-refractivity contribution >= 4 is 11.9 Å². The third kappa shape index (κ3) is 3.15. The van der Waals surface area contributed by atoms with E-state index in [1.165, 1.54) is 0 Å². The maximum absolute atomic E-state index is 12.4. The molecule has 1 amide bonds. The molecule has 114 valence electrons. The van der Waals surface area contributed by atoms with Gasteiger partial charge in [-0.3, -0.25) is 14.3 Å². The Balaban J connectivity index is 2.08. The molecule has 0 bridgehead atoms. The maximum Gasteiger partial charge on any atom is 0.307 e. The Bertz CT molecular complexity index is 577. The van der Waals surface area contributed by atoms with Gasteiger partial charge in [-0.05, 0) is 26.7 Å². The zero-order valence-corrected chi connectivity index (χ0v) is 12.5. The fourth-order valence-electron chi connectivity index (χ4n) is 2.72. The molecule has 0 radical (unpaired) electrons. The van der Waals surface area contributed by atoms with Crippen molar-refractivity contribution in [2.45, 2.75) is 32.7 Å². The molecule has 3 atom stereocenters. The van der Waals surface area contributed by atoms with Crippen LogP contribution < -0.4 is 5.32 Å². The highest BCUT2D eigenvalue weighted by molar-refractivity contribution is 5.85. The van der Waals surface area contributed by atoms with Gasteiger partial charge in [0.05, 0.1) is 24.1 Å². The minimum Gasteiger partial charge on any atom is -0.481 e. The Hall–Kier alpha value is -2.11. The van der Waals surface area contributed by atoms with Crippen LogP contribution in [-0.2, 0) is 16.6 Å². The van der Waals surface area contributed by atoms with Gasteiger partial charge in [-0.15, -0.1) is 0 Å². The first kappa shape index (κ1) is 15.3. The molecule has 1 aromatic rings. The van der Waals surface area contributed by atoms with E-state index in [2.05, 4.69) is 10.4 Å². The zero-order valence-electron chi connectivity index (χ0n) is 12.5. The van der Waals surface area contributed by atoms with Crippen LogP contribution in [0.2, 0.25) is 0 Å². The van der Waals surface area contributed by atoms with Gasteiger partial charge < -0.3 is 10.4 Å². The molecule has 0 spiro atoms. The topological polar surface area (TPSA) is 84.2 Å². The summed E-state index contributed by atoms with van der Waals surface area (Å²) in [6.07, 6.45) is 6.33. The van der Waals surface area contributed by atoms with Crippen LogP contribution in [0, 0.1) is 18.8 Å². The Morgan fingerprint density at radius 3 is 2.52 bits per heavy atom. The van der Waals surface area contributed by atoms with Gasteiger partial charge in [0.15, 0.2) is 0 Å². The summed E-state index contributed by atoms with van der Waals surface area (Å²) in [5.41, 5.74) is 1.94. The lowest BCUT2D eigenvalue weighted by Crippen LogP contribution is -2.39. The van der Waals surface area contributed by atoms with Crippen molar-refractivity contribution in [3.63, 3.8) is 0 Å². The smallest absolute Gasteiger partial charge is 0.307 e. The van der Waals surface area contributed by atoms with Crippen molar-refractivity contribution < 1.29 is 14.7 Å². The summed E-state index contributed by atoms with van der Waals surface area (Å²) < 4.78 is 1.75. The number of rotatable bonds is 4. The Labute approximate surface area is 123 Å². The van der Waals surface area contributed by atoms with Crippen molar-refractivity contribution in [1.29, 1.82) is 0 Å². The van der Waals surface area contributed by atoms with Crippen LogP contribution in [0.5, 0.6) is 0 Å². The minimum atomic E-state index is -0.912. The number of amides is 1. The van der Waals surface area contributed by atoms with Gasteiger partial charge in [0.2, 0.25) is 5.91 Å². The number of carbonyl (C=O) groups excluding carboxylic acids is 1. The number of hydrogen-bond donors (Lipinski definition) is 2. The molecule has 1 aliphatic rings. The van der Waals surface area contributed by atoms with Crippen molar-refractivity contribution in [2.75, 3.05) is 0 Å². The maximum atomic E-state index is 12.4. The normalized spacial score (nSPS) is 22.8. The number of carboxylic acid groups (broad SMARTS) is 1. The summed E-state index contributed by atoms with van der Waals surface area (Å²) in [6.45, 7) is 3.82. The third-order valence-corrected chi connectivity index (χ3v) is 4.18. The summed E-state index contributed by atoms with van der Waals surface area (Å²) in [6, 6.07) is -0.188. The van der Waals surface area contributed by atoms with Gasteiger partial charge in [-0.1, -0.05) is 12.2 Å². The average molecular weight is 291 g/mol. The van der Waals surface area contributed by atoms with E-state index >= 15 is 0 Å². The van der Waals surface area contributed by atoms with Gasteiger partial charge in [-0.25, -0.2) is 0 Å². The molecule has 1 aliphatic carbocycles. The molecule has 0 aromatic carbocycles. The lowest BCUT2D eigenvalue weighted by Gasteiger charge is -2.26. The molecule has 6 nitrogen and oxygen atoms in total. The molecule has 21 heavy (non-hydrogen) atoms. The number of aliphatic carboxylic acids is 1. The SMILES string of the molecule is Cc1c(C(C)NC(=O)[C@@H]2CC=CC[C@@H]2C(=O)O)cnn1C. The zero-order chi connectivity index (χ0) is 15.6. The first-order valence-electron chi connectivity index (χ1n) is 7.08. The second-order valence-corrected chi connectivity index (χ2v) is 5.53. The van der Waals surface area contributed by atoms with Gasteiger partial charge >= 0.3 is 5.97 Å².